The van der Waals surface area contributed by atoms with Crippen LogP contribution in [0.5, 0.6) is 0 Å². The first kappa shape index (κ1) is 12.6. The quantitative estimate of drug-likeness (QED) is 0.915. The van der Waals surface area contributed by atoms with Crippen molar-refractivity contribution in [2.75, 3.05) is 30.9 Å². The molecule has 0 bridgehead atoms. The van der Waals surface area contributed by atoms with E-state index in [2.05, 4.69) is 34.3 Å². The van der Waals surface area contributed by atoms with Gasteiger partial charge in [0.25, 0.3) is 0 Å². The van der Waals surface area contributed by atoms with Crippen molar-refractivity contribution in [3.8, 4) is 6.07 Å². The molecule has 0 saturated heterocycles. The molecule has 0 atom stereocenters. The first-order chi connectivity index (χ1) is 8.65. The average Bonchev–Trinajstić information content (AvgIpc) is 2.74. The minimum atomic E-state index is 0.486. The molecule has 0 radical (unpaired) electrons. The standard InChI is InChI=1S/C12H15N5S/c1-8-7-9-10(17(3)6-4-5-13)15-12(14-2)16-11(9)18-8/h7H,4,6H2,1-3H3,(H,14,15,16). The van der Waals surface area contributed by atoms with Gasteiger partial charge >= 0.3 is 0 Å². The molecular weight excluding hydrogens is 246 g/mol. The summed E-state index contributed by atoms with van der Waals surface area (Å²) in [4.78, 5) is 13.1. The lowest BCUT2D eigenvalue weighted by molar-refractivity contribution is 0.888. The summed E-state index contributed by atoms with van der Waals surface area (Å²) >= 11 is 1.65. The molecule has 2 aromatic rings. The van der Waals surface area contributed by atoms with Gasteiger partial charge in [-0.15, -0.1) is 11.3 Å². The van der Waals surface area contributed by atoms with Gasteiger partial charge in [0, 0.05) is 25.5 Å². The van der Waals surface area contributed by atoms with Crippen LogP contribution in [0.4, 0.5) is 11.8 Å². The number of aromatic nitrogens is 2. The van der Waals surface area contributed by atoms with Crippen LogP contribution < -0.4 is 10.2 Å². The van der Waals surface area contributed by atoms with Crippen molar-refractivity contribution < 1.29 is 0 Å². The zero-order valence-corrected chi connectivity index (χ0v) is 11.5. The second kappa shape index (κ2) is 5.19. The summed E-state index contributed by atoms with van der Waals surface area (Å²) in [5.41, 5.74) is 0. The summed E-state index contributed by atoms with van der Waals surface area (Å²) in [5, 5.41) is 12.7. The molecule has 0 aliphatic heterocycles. The Balaban J connectivity index is 2.49. The van der Waals surface area contributed by atoms with Crippen LogP contribution in [-0.2, 0) is 0 Å². The smallest absolute Gasteiger partial charge is 0.225 e. The molecule has 2 heterocycles. The van der Waals surface area contributed by atoms with E-state index in [1.54, 1.807) is 18.4 Å². The van der Waals surface area contributed by atoms with Crippen molar-refractivity contribution in [3.05, 3.63) is 10.9 Å². The molecule has 0 saturated carbocycles. The molecule has 18 heavy (non-hydrogen) atoms. The van der Waals surface area contributed by atoms with Gasteiger partial charge in [0.2, 0.25) is 5.95 Å². The van der Waals surface area contributed by atoms with Gasteiger partial charge in [-0.2, -0.15) is 10.2 Å². The van der Waals surface area contributed by atoms with Crippen molar-refractivity contribution >= 4 is 33.3 Å². The Bertz CT molecular complexity index is 598. The summed E-state index contributed by atoms with van der Waals surface area (Å²) in [6.45, 7) is 2.73. The third-order valence-corrected chi connectivity index (χ3v) is 3.58. The van der Waals surface area contributed by atoms with Gasteiger partial charge in [-0.1, -0.05) is 0 Å². The monoisotopic (exact) mass is 261 g/mol. The number of nitrogens with one attached hydrogen (secondary N) is 1. The second-order valence-electron chi connectivity index (χ2n) is 4.03. The lowest BCUT2D eigenvalue weighted by Gasteiger charge is -2.17. The Morgan fingerprint density at radius 1 is 1.50 bits per heavy atom. The second-order valence-corrected chi connectivity index (χ2v) is 5.26. The molecule has 0 aliphatic rings. The van der Waals surface area contributed by atoms with E-state index in [-0.39, 0.29) is 0 Å². The minimum Gasteiger partial charge on any atom is -0.358 e. The van der Waals surface area contributed by atoms with Crippen LogP contribution in [0.3, 0.4) is 0 Å². The van der Waals surface area contributed by atoms with Gasteiger partial charge in [0.15, 0.2) is 0 Å². The largest absolute Gasteiger partial charge is 0.358 e. The topological polar surface area (TPSA) is 64.8 Å². The highest BCUT2D eigenvalue weighted by Crippen LogP contribution is 2.31. The summed E-state index contributed by atoms with van der Waals surface area (Å²) in [5.74, 6) is 1.49. The summed E-state index contributed by atoms with van der Waals surface area (Å²) < 4.78 is 0. The van der Waals surface area contributed by atoms with Gasteiger partial charge in [-0.3, -0.25) is 0 Å². The molecule has 0 aliphatic carbocycles. The van der Waals surface area contributed by atoms with Gasteiger partial charge in [-0.25, -0.2) is 4.98 Å². The molecule has 2 rings (SSSR count). The summed E-state index contributed by atoms with van der Waals surface area (Å²) in [6.07, 6.45) is 0.486. The number of anilines is 2. The van der Waals surface area contributed by atoms with E-state index < -0.39 is 0 Å². The predicted octanol–water partition coefficient (Wildman–Crippen LogP) is 2.39. The Morgan fingerprint density at radius 2 is 2.28 bits per heavy atom. The first-order valence-electron chi connectivity index (χ1n) is 5.69. The molecule has 0 amide bonds. The zero-order valence-electron chi connectivity index (χ0n) is 10.7. The molecule has 94 valence electrons. The lowest BCUT2D eigenvalue weighted by atomic mass is 10.3. The van der Waals surface area contributed by atoms with Crippen molar-refractivity contribution in [1.82, 2.24) is 9.97 Å². The first-order valence-corrected chi connectivity index (χ1v) is 6.51. The van der Waals surface area contributed by atoms with Crippen LogP contribution in [-0.4, -0.2) is 30.6 Å². The maximum atomic E-state index is 8.66. The van der Waals surface area contributed by atoms with E-state index in [1.165, 1.54) is 4.88 Å². The van der Waals surface area contributed by atoms with E-state index in [4.69, 9.17) is 5.26 Å². The number of nitrogens with zero attached hydrogens (tertiary/aromatic N) is 4. The van der Waals surface area contributed by atoms with Gasteiger partial charge in [0.05, 0.1) is 17.9 Å². The van der Waals surface area contributed by atoms with E-state index in [9.17, 15) is 0 Å². The fourth-order valence-corrected chi connectivity index (χ4v) is 2.63. The molecule has 0 aromatic carbocycles. The van der Waals surface area contributed by atoms with Gasteiger partial charge < -0.3 is 10.2 Å². The SMILES string of the molecule is CNc1nc(N(C)CCC#N)c2cc(C)sc2n1. The molecule has 0 fully saturated rings. The summed E-state index contributed by atoms with van der Waals surface area (Å²) in [7, 11) is 3.76. The molecular formula is C12H15N5S. The van der Waals surface area contributed by atoms with Crippen LogP contribution in [0.15, 0.2) is 6.07 Å². The molecule has 5 nitrogen and oxygen atoms in total. The van der Waals surface area contributed by atoms with Crippen molar-refractivity contribution in [1.29, 1.82) is 5.26 Å². The highest BCUT2D eigenvalue weighted by Gasteiger charge is 2.13. The Hall–Kier alpha value is -1.87. The average molecular weight is 261 g/mol. The predicted molar refractivity (Wildman–Crippen MR) is 75.2 cm³/mol. The van der Waals surface area contributed by atoms with E-state index in [0.717, 1.165) is 16.0 Å². The normalized spacial score (nSPS) is 10.3. The number of nitriles is 1. The van der Waals surface area contributed by atoms with Crippen LogP contribution in [0, 0.1) is 18.3 Å². The molecule has 2 aromatic heterocycles. The molecule has 1 N–H and O–H groups in total. The number of hydrogen-bond acceptors (Lipinski definition) is 6. The van der Waals surface area contributed by atoms with E-state index in [0.29, 0.717) is 18.9 Å². The van der Waals surface area contributed by atoms with E-state index in [1.807, 2.05) is 11.9 Å². The third-order valence-electron chi connectivity index (χ3n) is 2.64. The Morgan fingerprint density at radius 3 is 2.94 bits per heavy atom. The van der Waals surface area contributed by atoms with Crippen LogP contribution in [0.2, 0.25) is 0 Å². The maximum Gasteiger partial charge on any atom is 0.225 e. The highest BCUT2D eigenvalue weighted by molar-refractivity contribution is 7.18. The third kappa shape index (κ3) is 2.36. The van der Waals surface area contributed by atoms with Crippen molar-refractivity contribution in [3.63, 3.8) is 0 Å². The van der Waals surface area contributed by atoms with Gasteiger partial charge in [0.1, 0.15) is 10.6 Å². The van der Waals surface area contributed by atoms with Crippen LogP contribution >= 0.6 is 11.3 Å². The number of aryl methyl sites for hydroxylation is 1. The fraction of sp³-hybridized carbons (Fsp3) is 0.417. The maximum absolute atomic E-state index is 8.66. The van der Waals surface area contributed by atoms with Crippen molar-refractivity contribution in [2.24, 2.45) is 0 Å². The zero-order chi connectivity index (χ0) is 13.1. The van der Waals surface area contributed by atoms with Gasteiger partial charge in [-0.05, 0) is 13.0 Å². The number of rotatable bonds is 4. The number of hydrogen-bond donors (Lipinski definition) is 1. The molecule has 0 spiro atoms. The fourth-order valence-electron chi connectivity index (χ4n) is 1.75. The van der Waals surface area contributed by atoms with E-state index >= 15 is 0 Å². The van der Waals surface area contributed by atoms with Crippen LogP contribution in [0.1, 0.15) is 11.3 Å². The van der Waals surface area contributed by atoms with Crippen molar-refractivity contribution in [2.45, 2.75) is 13.3 Å². The highest BCUT2D eigenvalue weighted by atomic mass is 32.1. The Kier molecular flexibility index (Phi) is 3.63. The number of thiophene rings is 1. The molecule has 0 unspecified atom stereocenters. The number of fused-ring (bicyclic) bond motifs is 1. The minimum absolute atomic E-state index is 0.486. The summed E-state index contributed by atoms with van der Waals surface area (Å²) in [6, 6.07) is 4.25. The lowest BCUT2D eigenvalue weighted by Crippen LogP contribution is -2.20. The molecule has 6 heteroatoms. The van der Waals surface area contributed by atoms with Crippen LogP contribution in [0.25, 0.3) is 10.2 Å². The Labute approximate surface area is 110 Å².